The van der Waals surface area contributed by atoms with Gasteiger partial charge in [0.2, 0.25) is 0 Å². The lowest BCUT2D eigenvalue weighted by Crippen LogP contribution is -2.49. The fourth-order valence-corrected chi connectivity index (χ4v) is 3.39. The van der Waals surface area contributed by atoms with Crippen molar-refractivity contribution in [3.05, 3.63) is 0 Å². The molecule has 23 heavy (non-hydrogen) atoms. The van der Waals surface area contributed by atoms with Crippen LogP contribution in [0.5, 0.6) is 0 Å². The van der Waals surface area contributed by atoms with Gasteiger partial charge in [-0.05, 0) is 54.4 Å². The third-order valence-corrected chi connectivity index (χ3v) is 5.21. The van der Waals surface area contributed by atoms with E-state index in [4.69, 9.17) is 0 Å². The molecule has 0 aromatic heterocycles. The van der Waals surface area contributed by atoms with E-state index < -0.39 is 0 Å². The Bertz CT molecular complexity index is 497. The number of hydrogen-bond acceptors (Lipinski definition) is 2. The molecule has 2 saturated heterocycles. The van der Waals surface area contributed by atoms with Crippen LogP contribution < -0.4 is 5.32 Å². The molecule has 0 spiro atoms. The van der Waals surface area contributed by atoms with E-state index >= 15 is 0 Å². The van der Waals surface area contributed by atoms with Crippen LogP contribution in [0.2, 0.25) is 0 Å². The number of urea groups is 2. The van der Waals surface area contributed by atoms with Crippen LogP contribution in [0.15, 0.2) is 0 Å². The smallest absolute Gasteiger partial charge is 0.320 e. The first kappa shape index (κ1) is 17.9. The lowest BCUT2D eigenvalue weighted by Gasteiger charge is -2.38. The Morgan fingerprint density at radius 1 is 1.09 bits per heavy atom. The molecule has 0 radical (unpaired) electrons. The van der Waals surface area contributed by atoms with Crippen molar-refractivity contribution in [2.24, 2.45) is 0 Å². The van der Waals surface area contributed by atoms with E-state index in [1.807, 2.05) is 16.8 Å². The van der Waals surface area contributed by atoms with Crippen molar-refractivity contribution in [3.8, 4) is 0 Å². The van der Waals surface area contributed by atoms with Gasteiger partial charge in [-0.15, -0.1) is 0 Å². The summed E-state index contributed by atoms with van der Waals surface area (Å²) in [6, 6.07) is 0.113. The summed E-state index contributed by atoms with van der Waals surface area (Å²) in [7, 11) is 1.85. The van der Waals surface area contributed by atoms with Crippen LogP contribution in [-0.2, 0) is 0 Å². The van der Waals surface area contributed by atoms with E-state index in [2.05, 4.69) is 46.9 Å². The fraction of sp³-hybridized carbons (Fsp3) is 0.882. The quantitative estimate of drug-likeness (QED) is 0.864. The van der Waals surface area contributed by atoms with Gasteiger partial charge in [0.1, 0.15) is 0 Å². The van der Waals surface area contributed by atoms with Gasteiger partial charge in [0, 0.05) is 37.8 Å². The number of carbonyl (C=O) groups excluding carboxylic acids is 2. The molecule has 1 N–H and O–H groups in total. The molecule has 2 aliphatic heterocycles. The van der Waals surface area contributed by atoms with Gasteiger partial charge in [-0.2, -0.15) is 0 Å². The van der Waals surface area contributed by atoms with Gasteiger partial charge in [0.25, 0.3) is 0 Å². The average molecular weight is 324 g/mol. The zero-order valence-electron chi connectivity index (χ0n) is 15.7. The number of carbonyl (C=O) groups is 2. The fourth-order valence-electron chi connectivity index (χ4n) is 3.39. The first-order valence-corrected chi connectivity index (χ1v) is 8.48. The Labute approximate surface area is 140 Å². The van der Waals surface area contributed by atoms with Gasteiger partial charge < -0.3 is 20.0 Å². The summed E-state index contributed by atoms with van der Waals surface area (Å²) < 4.78 is 0. The second kappa shape index (κ2) is 5.56. The van der Waals surface area contributed by atoms with E-state index in [9.17, 15) is 9.59 Å². The lowest BCUT2D eigenvalue weighted by atomic mass is 9.87. The Morgan fingerprint density at radius 2 is 1.70 bits per heavy atom. The summed E-state index contributed by atoms with van der Waals surface area (Å²) in [4.78, 5) is 30.1. The summed E-state index contributed by atoms with van der Waals surface area (Å²) in [6.45, 7) is 14.8. The number of likely N-dealkylation sites (N-methyl/N-ethyl adjacent to an activating group) is 1. The molecule has 2 aliphatic rings. The Balaban J connectivity index is 2.00. The first-order valence-electron chi connectivity index (χ1n) is 8.48. The molecule has 0 aliphatic carbocycles. The third-order valence-electron chi connectivity index (χ3n) is 5.21. The van der Waals surface area contributed by atoms with Crippen molar-refractivity contribution >= 4 is 12.1 Å². The minimum atomic E-state index is -0.240. The minimum absolute atomic E-state index is 0.00906. The molecule has 2 rings (SSSR count). The highest BCUT2D eigenvalue weighted by atomic mass is 16.2. The molecule has 1 unspecified atom stereocenters. The predicted molar refractivity (Wildman–Crippen MR) is 91.4 cm³/mol. The molecule has 0 aromatic rings. The highest BCUT2D eigenvalue weighted by Gasteiger charge is 2.45. The molecular formula is C17H32N4O2. The third kappa shape index (κ3) is 3.56. The SMILES string of the molecule is CN1CCN(C(C)(C)CCC2(C)CN(C(C)(C)C)C(=O)N2)C1=O. The van der Waals surface area contributed by atoms with Crippen LogP contribution in [0.1, 0.15) is 54.4 Å². The highest BCUT2D eigenvalue weighted by Crippen LogP contribution is 2.32. The summed E-state index contributed by atoms with van der Waals surface area (Å²) in [6.07, 6.45) is 1.72. The molecule has 6 heteroatoms. The van der Waals surface area contributed by atoms with Crippen molar-refractivity contribution in [1.29, 1.82) is 0 Å². The molecule has 2 fully saturated rings. The van der Waals surface area contributed by atoms with Gasteiger partial charge >= 0.3 is 12.1 Å². The average Bonchev–Trinajstić information content (AvgIpc) is 2.89. The number of nitrogens with zero attached hydrogens (tertiary/aromatic N) is 3. The Hall–Kier alpha value is -1.46. The van der Waals surface area contributed by atoms with Gasteiger partial charge in [0.05, 0.1) is 5.54 Å². The van der Waals surface area contributed by atoms with Crippen LogP contribution >= 0.6 is 0 Å². The lowest BCUT2D eigenvalue weighted by molar-refractivity contribution is 0.132. The number of hydrogen-bond donors (Lipinski definition) is 1. The standard InChI is InChI=1S/C17H32N4O2/c1-15(2,3)21-12-17(6,18-13(21)22)9-8-16(4,5)20-11-10-19(7)14(20)23/h8-12H2,1-7H3,(H,18,22). The molecule has 0 bridgehead atoms. The maximum Gasteiger partial charge on any atom is 0.320 e. The molecule has 0 aromatic carbocycles. The summed E-state index contributed by atoms with van der Waals surface area (Å²) in [5, 5.41) is 3.14. The minimum Gasteiger partial charge on any atom is -0.331 e. The second-order valence-electron chi connectivity index (χ2n) is 8.92. The Kier molecular flexibility index (Phi) is 4.33. The number of nitrogens with one attached hydrogen (secondary N) is 1. The normalized spacial score (nSPS) is 26.3. The number of amides is 4. The van der Waals surface area contributed by atoms with Crippen LogP contribution in [0.3, 0.4) is 0 Å². The van der Waals surface area contributed by atoms with E-state index in [1.165, 1.54) is 0 Å². The van der Waals surface area contributed by atoms with E-state index in [0.29, 0.717) is 6.54 Å². The number of rotatable bonds is 4. The van der Waals surface area contributed by atoms with Gasteiger partial charge in [-0.3, -0.25) is 0 Å². The predicted octanol–water partition coefficient (Wildman–Crippen LogP) is 2.50. The summed E-state index contributed by atoms with van der Waals surface area (Å²) >= 11 is 0. The highest BCUT2D eigenvalue weighted by molar-refractivity contribution is 5.78. The van der Waals surface area contributed by atoms with E-state index in [-0.39, 0.29) is 28.7 Å². The maximum atomic E-state index is 12.3. The molecule has 1 atom stereocenters. The van der Waals surface area contributed by atoms with Crippen molar-refractivity contribution in [2.45, 2.75) is 71.0 Å². The monoisotopic (exact) mass is 324 g/mol. The van der Waals surface area contributed by atoms with Crippen LogP contribution in [0.25, 0.3) is 0 Å². The van der Waals surface area contributed by atoms with Crippen molar-refractivity contribution in [1.82, 2.24) is 20.0 Å². The van der Waals surface area contributed by atoms with Crippen LogP contribution in [-0.4, -0.2) is 70.1 Å². The van der Waals surface area contributed by atoms with Gasteiger partial charge in [-0.1, -0.05) is 0 Å². The molecule has 6 nitrogen and oxygen atoms in total. The van der Waals surface area contributed by atoms with Crippen molar-refractivity contribution in [2.75, 3.05) is 26.7 Å². The van der Waals surface area contributed by atoms with Gasteiger partial charge in [0.15, 0.2) is 0 Å². The second-order valence-corrected chi connectivity index (χ2v) is 8.92. The zero-order chi connectivity index (χ0) is 17.6. The summed E-state index contributed by atoms with van der Waals surface area (Å²) in [5.41, 5.74) is -0.619. The molecule has 4 amide bonds. The summed E-state index contributed by atoms with van der Waals surface area (Å²) in [5.74, 6) is 0. The van der Waals surface area contributed by atoms with Crippen molar-refractivity contribution < 1.29 is 9.59 Å². The first-order chi connectivity index (χ1) is 10.4. The molecule has 2 heterocycles. The van der Waals surface area contributed by atoms with E-state index in [1.54, 1.807) is 4.90 Å². The van der Waals surface area contributed by atoms with Gasteiger partial charge in [-0.25, -0.2) is 9.59 Å². The Morgan fingerprint density at radius 3 is 2.13 bits per heavy atom. The largest absolute Gasteiger partial charge is 0.331 e. The van der Waals surface area contributed by atoms with Crippen LogP contribution in [0.4, 0.5) is 9.59 Å². The van der Waals surface area contributed by atoms with Crippen molar-refractivity contribution in [3.63, 3.8) is 0 Å². The molecule has 132 valence electrons. The zero-order valence-corrected chi connectivity index (χ0v) is 15.7. The molecule has 0 saturated carbocycles. The molecular weight excluding hydrogens is 292 g/mol. The van der Waals surface area contributed by atoms with Crippen LogP contribution in [0, 0.1) is 0 Å². The van der Waals surface area contributed by atoms with E-state index in [0.717, 1.165) is 25.9 Å². The topological polar surface area (TPSA) is 55.9 Å². The maximum absolute atomic E-state index is 12.3.